The molecule has 0 radical (unpaired) electrons. The summed E-state index contributed by atoms with van der Waals surface area (Å²) in [5, 5.41) is 12.3. The summed E-state index contributed by atoms with van der Waals surface area (Å²) in [5.41, 5.74) is 3.60. The molecule has 96 valence electrons. The molecule has 18 heavy (non-hydrogen) atoms. The van der Waals surface area contributed by atoms with Crippen molar-refractivity contribution in [2.24, 2.45) is 5.92 Å². The summed E-state index contributed by atoms with van der Waals surface area (Å²) in [6, 6.07) is 4.44. The topological polar surface area (TPSA) is 58.6 Å². The van der Waals surface area contributed by atoms with Crippen molar-refractivity contribution in [1.82, 2.24) is 5.32 Å². The Labute approximate surface area is 106 Å². The van der Waals surface area contributed by atoms with E-state index >= 15 is 0 Å². The minimum absolute atomic E-state index is 0.163. The van der Waals surface area contributed by atoms with Crippen LogP contribution in [0.4, 0.5) is 0 Å². The number of hydrogen-bond donors (Lipinski definition) is 2. The number of aryl methyl sites for hydroxylation is 1. The van der Waals surface area contributed by atoms with Crippen LogP contribution in [0.15, 0.2) is 12.1 Å². The van der Waals surface area contributed by atoms with Gasteiger partial charge in [0.1, 0.15) is 5.75 Å². The van der Waals surface area contributed by atoms with E-state index in [0.29, 0.717) is 13.0 Å². The summed E-state index contributed by atoms with van der Waals surface area (Å²) in [6.07, 6.45) is 1.63. The van der Waals surface area contributed by atoms with E-state index in [0.717, 1.165) is 24.3 Å². The van der Waals surface area contributed by atoms with Crippen LogP contribution in [-0.2, 0) is 11.2 Å². The molecule has 0 aliphatic carbocycles. The standard InChI is InChI=1S/C14H17NO3/c1-8-4-10(5-9-2-3-18-13(8)9)12-6-11(7-15-12)14(16)17/h4-5,11-12,15H,2-3,6-7H2,1H3,(H,16,17). The predicted molar refractivity (Wildman–Crippen MR) is 66.9 cm³/mol. The van der Waals surface area contributed by atoms with Crippen molar-refractivity contribution in [3.63, 3.8) is 0 Å². The van der Waals surface area contributed by atoms with Gasteiger partial charge in [-0.25, -0.2) is 0 Å². The fourth-order valence-corrected chi connectivity index (χ4v) is 2.91. The second-order valence-corrected chi connectivity index (χ2v) is 5.16. The predicted octanol–water partition coefficient (Wildman–Crippen LogP) is 1.67. The van der Waals surface area contributed by atoms with Gasteiger partial charge in [0.2, 0.25) is 0 Å². The second kappa shape index (κ2) is 4.28. The Hall–Kier alpha value is -1.55. The highest BCUT2D eigenvalue weighted by Crippen LogP contribution is 2.35. The van der Waals surface area contributed by atoms with Crippen LogP contribution in [0.3, 0.4) is 0 Å². The first-order chi connectivity index (χ1) is 8.65. The number of rotatable bonds is 2. The van der Waals surface area contributed by atoms with Crippen molar-refractivity contribution >= 4 is 5.97 Å². The first kappa shape index (κ1) is 11.5. The zero-order chi connectivity index (χ0) is 12.7. The first-order valence-corrected chi connectivity index (χ1v) is 6.37. The molecule has 3 rings (SSSR count). The molecule has 2 heterocycles. The second-order valence-electron chi connectivity index (χ2n) is 5.16. The van der Waals surface area contributed by atoms with Gasteiger partial charge in [-0.15, -0.1) is 0 Å². The molecule has 2 N–H and O–H groups in total. The highest BCUT2D eigenvalue weighted by atomic mass is 16.5. The monoisotopic (exact) mass is 247 g/mol. The normalized spacial score (nSPS) is 25.8. The summed E-state index contributed by atoms with van der Waals surface area (Å²) in [7, 11) is 0. The Balaban J connectivity index is 1.86. The third-order valence-corrected chi connectivity index (χ3v) is 3.87. The van der Waals surface area contributed by atoms with Gasteiger partial charge in [0.25, 0.3) is 0 Å². The van der Waals surface area contributed by atoms with Crippen molar-refractivity contribution in [1.29, 1.82) is 0 Å². The van der Waals surface area contributed by atoms with E-state index in [4.69, 9.17) is 9.84 Å². The summed E-state index contributed by atoms with van der Waals surface area (Å²) in [4.78, 5) is 11.0. The molecule has 0 bridgehead atoms. The molecule has 0 saturated carbocycles. The van der Waals surface area contributed by atoms with Gasteiger partial charge >= 0.3 is 5.97 Å². The molecule has 1 aromatic carbocycles. The molecule has 2 aliphatic rings. The number of carbonyl (C=O) groups is 1. The van der Waals surface area contributed by atoms with Gasteiger partial charge in [-0.3, -0.25) is 4.79 Å². The van der Waals surface area contributed by atoms with E-state index < -0.39 is 5.97 Å². The molecular formula is C14H17NO3. The molecule has 0 aromatic heterocycles. The summed E-state index contributed by atoms with van der Waals surface area (Å²) >= 11 is 0. The van der Waals surface area contributed by atoms with Crippen LogP contribution in [0.2, 0.25) is 0 Å². The SMILES string of the molecule is Cc1cc(C2CC(C(=O)O)CN2)cc2c1OCC2. The van der Waals surface area contributed by atoms with Crippen molar-refractivity contribution in [3.8, 4) is 5.75 Å². The molecule has 1 fully saturated rings. The van der Waals surface area contributed by atoms with Gasteiger partial charge in [-0.1, -0.05) is 12.1 Å². The third kappa shape index (κ3) is 1.86. The van der Waals surface area contributed by atoms with Gasteiger partial charge in [-0.2, -0.15) is 0 Å². The summed E-state index contributed by atoms with van der Waals surface area (Å²) in [5.74, 6) is 0.0533. The highest BCUT2D eigenvalue weighted by molar-refractivity contribution is 5.70. The van der Waals surface area contributed by atoms with Gasteiger partial charge in [-0.05, 0) is 30.0 Å². The number of fused-ring (bicyclic) bond motifs is 1. The van der Waals surface area contributed by atoms with Crippen LogP contribution in [0.25, 0.3) is 0 Å². The number of nitrogens with one attached hydrogen (secondary N) is 1. The minimum atomic E-state index is -0.703. The molecule has 0 spiro atoms. The maximum absolute atomic E-state index is 11.0. The van der Waals surface area contributed by atoms with Crippen LogP contribution in [-0.4, -0.2) is 24.2 Å². The fraction of sp³-hybridized carbons (Fsp3) is 0.500. The molecule has 4 heteroatoms. The molecule has 4 nitrogen and oxygen atoms in total. The highest BCUT2D eigenvalue weighted by Gasteiger charge is 2.31. The van der Waals surface area contributed by atoms with E-state index in [1.807, 2.05) is 0 Å². The average Bonchev–Trinajstić information content (AvgIpc) is 2.97. The lowest BCUT2D eigenvalue weighted by atomic mass is 9.96. The van der Waals surface area contributed by atoms with E-state index in [2.05, 4.69) is 24.4 Å². The van der Waals surface area contributed by atoms with Gasteiger partial charge < -0.3 is 15.2 Å². The van der Waals surface area contributed by atoms with Crippen molar-refractivity contribution in [2.75, 3.05) is 13.2 Å². The third-order valence-electron chi connectivity index (χ3n) is 3.87. The van der Waals surface area contributed by atoms with Crippen LogP contribution in [0.5, 0.6) is 5.75 Å². The number of carboxylic acids is 1. The van der Waals surface area contributed by atoms with E-state index in [1.54, 1.807) is 0 Å². The number of aliphatic carboxylic acids is 1. The molecule has 1 saturated heterocycles. The molecule has 2 atom stereocenters. The smallest absolute Gasteiger partial charge is 0.307 e. The van der Waals surface area contributed by atoms with Crippen LogP contribution >= 0.6 is 0 Å². The quantitative estimate of drug-likeness (QED) is 0.834. The summed E-state index contributed by atoms with van der Waals surface area (Å²) < 4.78 is 5.59. The number of carboxylic acid groups (broad SMARTS) is 1. The maximum atomic E-state index is 11.0. The lowest BCUT2D eigenvalue weighted by Gasteiger charge is -2.14. The van der Waals surface area contributed by atoms with E-state index in [-0.39, 0.29) is 12.0 Å². The number of benzene rings is 1. The largest absolute Gasteiger partial charge is 0.493 e. The zero-order valence-electron chi connectivity index (χ0n) is 10.4. The zero-order valence-corrected chi connectivity index (χ0v) is 10.4. The molecule has 1 aromatic rings. The lowest BCUT2D eigenvalue weighted by molar-refractivity contribution is -0.141. The fourth-order valence-electron chi connectivity index (χ4n) is 2.91. The van der Waals surface area contributed by atoms with Gasteiger partial charge in [0, 0.05) is 19.0 Å². The van der Waals surface area contributed by atoms with E-state index in [9.17, 15) is 4.79 Å². The molecule has 2 aliphatic heterocycles. The molecule has 2 unspecified atom stereocenters. The minimum Gasteiger partial charge on any atom is -0.493 e. The maximum Gasteiger partial charge on any atom is 0.307 e. The van der Waals surface area contributed by atoms with Crippen LogP contribution in [0.1, 0.15) is 29.2 Å². The Morgan fingerprint density at radius 2 is 2.33 bits per heavy atom. The van der Waals surface area contributed by atoms with Crippen LogP contribution in [0, 0.1) is 12.8 Å². The van der Waals surface area contributed by atoms with E-state index in [1.165, 1.54) is 11.1 Å². The molecular weight excluding hydrogens is 230 g/mol. The number of ether oxygens (including phenoxy) is 1. The number of hydrogen-bond acceptors (Lipinski definition) is 3. The Kier molecular flexibility index (Phi) is 2.74. The summed E-state index contributed by atoms with van der Waals surface area (Å²) in [6.45, 7) is 3.37. The Morgan fingerprint density at radius 3 is 3.06 bits per heavy atom. The van der Waals surface area contributed by atoms with Crippen LogP contribution < -0.4 is 10.1 Å². The Bertz CT molecular complexity index is 498. The van der Waals surface area contributed by atoms with Gasteiger partial charge in [0.05, 0.1) is 12.5 Å². The molecule has 0 amide bonds. The lowest BCUT2D eigenvalue weighted by Crippen LogP contribution is -2.17. The first-order valence-electron chi connectivity index (χ1n) is 6.37. The average molecular weight is 247 g/mol. The Morgan fingerprint density at radius 1 is 1.50 bits per heavy atom. The van der Waals surface area contributed by atoms with Crippen molar-refractivity contribution < 1.29 is 14.6 Å². The van der Waals surface area contributed by atoms with Crippen molar-refractivity contribution in [2.45, 2.75) is 25.8 Å². The van der Waals surface area contributed by atoms with Gasteiger partial charge in [0.15, 0.2) is 0 Å². The van der Waals surface area contributed by atoms with Crippen molar-refractivity contribution in [3.05, 3.63) is 28.8 Å².